The number of hydrogen-bond donors (Lipinski definition) is 0. The van der Waals surface area contributed by atoms with Gasteiger partial charge in [-0.2, -0.15) is 10.2 Å². The largest absolute Gasteiger partial charge is 0.491 e. The molecule has 12 heteroatoms. The molecule has 4 aromatic rings. The maximum absolute atomic E-state index is 13.6. The third-order valence-electron chi connectivity index (χ3n) is 5.88. The van der Waals surface area contributed by atoms with E-state index >= 15 is 0 Å². The fraction of sp³-hybridized carbons (Fsp3) is 0.192. The highest BCUT2D eigenvalue weighted by Crippen LogP contribution is 2.33. The molecule has 3 heterocycles. The molecule has 2 aromatic heterocycles. The molecule has 5 rings (SSSR count). The number of aromatic nitrogens is 3. The van der Waals surface area contributed by atoms with Gasteiger partial charge in [0.25, 0.3) is 6.43 Å². The number of nitrogens with zero attached hydrogens (tertiary/aromatic N) is 5. The minimum Gasteiger partial charge on any atom is -0.491 e. The summed E-state index contributed by atoms with van der Waals surface area (Å²) in [5.41, 5.74) is 0.869. The van der Waals surface area contributed by atoms with Crippen LogP contribution in [0, 0.1) is 11.6 Å². The smallest absolute Gasteiger partial charge is 0.272 e. The Balaban J connectivity index is 1.61. The van der Waals surface area contributed by atoms with Crippen molar-refractivity contribution in [2.24, 2.45) is 5.10 Å². The van der Waals surface area contributed by atoms with Crippen LogP contribution in [0.15, 0.2) is 77.0 Å². The van der Waals surface area contributed by atoms with Crippen molar-refractivity contribution >= 4 is 11.9 Å². The Kier molecular flexibility index (Phi) is 6.86. The molecule has 1 unspecified atom stereocenters. The molecular formula is C26H21F4N5O3. The molecule has 38 heavy (non-hydrogen) atoms. The van der Waals surface area contributed by atoms with Gasteiger partial charge in [0.2, 0.25) is 5.43 Å². The first-order chi connectivity index (χ1) is 18.4. The molecule has 196 valence electrons. The van der Waals surface area contributed by atoms with E-state index in [1.807, 2.05) is 30.3 Å². The van der Waals surface area contributed by atoms with Gasteiger partial charge in [0.15, 0.2) is 17.4 Å². The lowest BCUT2D eigenvalue weighted by atomic mass is 10.1. The summed E-state index contributed by atoms with van der Waals surface area (Å²) in [6, 6.07) is 13.0. The quantitative estimate of drug-likeness (QED) is 0.305. The first-order valence-corrected chi connectivity index (χ1v) is 11.5. The Bertz CT molecular complexity index is 1520. The fourth-order valence-electron chi connectivity index (χ4n) is 4.12. The number of alkyl halides is 2. The van der Waals surface area contributed by atoms with Crippen molar-refractivity contribution in [2.75, 3.05) is 18.7 Å². The Morgan fingerprint density at radius 1 is 1.00 bits per heavy atom. The number of ether oxygens (including phenoxy) is 2. The third kappa shape index (κ3) is 4.84. The summed E-state index contributed by atoms with van der Waals surface area (Å²) in [5, 5.41) is 10.6. The van der Waals surface area contributed by atoms with Crippen molar-refractivity contribution in [2.45, 2.75) is 18.9 Å². The van der Waals surface area contributed by atoms with E-state index in [0.29, 0.717) is 6.42 Å². The van der Waals surface area contributed by atoms with Crippen LogP contribution in [0.1, 0.15) is 18.2 Å². The number of benzene rings is 2. The normalized spacial score (nSPS) is 14.9. The number of para-hydroxylation sites is 1. The van der Waals surface area contributed by atoms with Gasteiger partial charge in [0.05, 0.1) is 19.0 Å². The van der Waals surface area contributed by atoms with Crippen molar-refractivity contribution in [1.29, 1.82) is 0 Å². The van der Waals surface area contributed by atoms with E-state index in [-0.39, 0.29) is 28.6 Å². The van der Waals surface area contributed by atoms with Gasteiger partial charge >= 0.3 is 0 Å². The van der Waals surface area contributed by atoms with Crippen LogP contribution in [-0.4, -0.2) is 40.7 Å². The van der Waals surface area contributed by atoms with Crippen LogP contribution >= 0.6 is 0 Å². The molecule has 1 atom stereocenters. The monoisotopic (exact) mass is 527 g/mol. The predicted molar refractivity (Wildman–Crippen MR) is 132 cm³/mol. The summed E-state index contributed by atoms with van der Waals surface area (Å²) >= 11 is 0. The molecular weight excluding hydrogens is 506 g/mol. The van der Waals surface area contributed by atoms with E-state index in [9.17, 15) is 22.4 Å². The lowest BCUT2D eigenvalue weighted by Crippen LogP contribution is -2.28. The maximum Gasteiger partial charge on any atom is 0.272 e. The van der Waals surface area contributed by atoms with Gasteiger partial charge in [-0.05, 0) is 24.3 Å². The number of hydrazone groups is 1. The summed E-state index contributed by atoms with van der Waals surface area (Å²) in [7, 11) is 1.33. The number of methoxy groups -OCH3 is 1. The second-order valence-electron chi connectivity index (χ2n) is 8.30. The minimum absolute atomic E-state index is 0.0339. The minimum atomic E-state index is -2.78. The molecule has 1 aliphatic rings. The second kappa shape index (κ2) is 10.4. The Hall–Kier alpha value is -4.61. The molecule has 0 saturated carbocycles. The first-order valence-electron chi connectivity index (χ1n) is 11.5. The van der Waals surface area contributed by atoms with E-state index in [1.54, 1.807) is 11.2 Å². The summed E-state index contributed by atoms with van der Waals surface area (Å²) in [6.07, 6.45) is 2.42. The van der Waals surface area contributed by atoms with Crippen molar-refractivity contribution in [3.05, 3.63) is 94.7 Å². The van der Waals surface area contributed by atoms with Crippen LogP contribution in [0.2, 0.25) is 0 Å². The van der Waals surface area contributed by atoms with Crippen molar-refractivity contribution in [3.8, 4) is 22.9 Å². The molecule has 0 fully saturated rings. The average Bonchev–Trinajstić information content (AvgIpc) is 3.54. The van der Waals surface area contributed by atoms with Crippen molar-refractivity contribution in [1.82, 2.24) is 14.3 Å². The van der Waals surface area contributed by atoms with Gasteiger partial charge in [0.1, 0.15) is 29.8 Å². The molecule has 0 spiro atoms. The van der Waals surface area contributed by atoms with Crippen LogP contribution in [0.5, 0.6) is 11.5 Å². The van der Waals surface area contributed by atoms with Gasteiger partial charge in [0, 0.05) is 36.8 Å². The number of rotatable bonds is 8. The maximum atomic E-state index is 13.6. The number of halogens is 4. The molecule has 0 amide bonds. The molecule has 0 aliphatic carbocycles. The topological polar surface area (TPSA) is 73.9 Å². The predicted octanol–water partition coefficient (Wildman–Crippen LogP) is 4.89. The SMILES string of the molecule is COc1cn(-c2ccc(-n3cc(F)c(F)c3)cc2OCC(F)F)nc(C2CC=NN2c2ccccc2)c1=O. The first kappa shape index (κ1) is 25.1. The molecule has 0 radical (unpaired) electrons. The average molecular weight is 527 g/mol. The van der Waals surface area contributed by atoms with Crippen LogP contribution < -0.4 is 19.9 Å². The summed E-state index contributed by atoms with van der Waals surface area (Å²) < 4.78 is 66.4. The van der Waals surface area contributed by atoms with Crippen LogP contribution in [0.3, 0.4) is 0 Å². The van der Waals surface area contributed by atoms with Crippen molar-refractivity contribution in [3.63, 3.8) is 0 Å². The van der Waals surface area contributed by atoms with Gasteiger partial charge in [-0.25, -0.2) is 22.2 Å². The highest BCUT2D eigenvalue weighted by molar-refractivity contribution is 5.67. The second-order valence-corrected chi connectivity index (χ2v) is 8.30. The summed E-state index contributed by atoms with van der Waals surface area (Å²) in [5.74, 6) is -2.22. The zero-order valence-electron chi connectivity index (χ0n) is 20.0. The molecule has 2 aromatic carbocycles. The van der Waals surface area contributed by atoms with E-state index in [4.69, 9.17) is 9.47 Å². The highest BCUT2D eigenvalue weighted by Gasteiger charge is 2.30. The Morgan fingerprint density at radius 2 is 1.74 bits per heavy atom. The molecule has 0 bridgehead atoms. The zero-order chi connectivity index (χ0) is 26.8. The Labute approximate surface area is 213 Å². The molecule has 8 nitrogen and oxygen atoms in total. The Morgan fingerprint density at radius 3 is 2.42 bits per heavy atom. The molecule has 1 aliphatic heterocycles. The van der Waals surface area contributed by atoms with E-state index in [1.165, 1.54) is 36.2 Å². The van der Waals surface area contributed by atoms with E-state index in [0.717, 1.165) is 22.6 Å². The molecule has 0 saturated heterocycles. The third-order valence-corrected chi connectivity index (χ3v) is 5.88. The zero-order valence-corrected chi connectivity index (χ0v) is 20.0. The van der Waals surface area contributed by atoms with Gasteiger partial charge in [-0.15, -0.1) is 0 Å². The standard InChI is InChI=1S/C26H21F4N5O3/c1-37-23-14-34(32-25(26(23)36)21-9-10-31-35(21)16-5-3-2-4-6-16)20-8-7-17(11-22(20)38-15-24(29)30)33-12-18(27)19(28)13-33/h2-8,10-14,21,24H,9,15H2,1H3. The van der Waals surface area contributed by atoms with Gasteiger partial charge < -0.3 is 14.0 Å². The highest BCUT2D eigenvalue weighted by atomic mass is 19.3. The van der Waals surface area contributed by atoms with Crippen LogP contribution in [0.25, 0.3) is 11.4 Å². The lowest BCUT2D eigenvalue weighted by molar-refractivity contribution is 0.0818. The number of anilines is 1. The van der Waals surface area contributed by atoms with Crippen LogP contribution in [0.4, 0.5) is 23.2 Å². The lowest BCUT2D eigenvalue weighted by Gasteiger charge is -2.24. The fourth-order valence-corrected chi connectivity index (χ4v) is 4.12. The van der Waals surface area contributed by atoms with Gasteiger partial charge in [-0.1, -0.05) is 18.2 Å². The van der Waals surface area contributed by atoms with E-state index < -0.39 is 36.1 Å². The van der Waals surface area contributed by atoms with Crippen molar-refractivity contribution < 1.29 is 27.0 Å². The van der Waals surface area contributed by atoms with Gasteiger partial charge in [-0.3, -0.25) is 9.80 Å². The summed E-state index contributed by atoms with van der Waals surface area (Å²) in [6.45, 7) is -0.937. The molecule has 0 N–H and O–H groups in total. The number of hydrogen-bond acceptors (Lipinski definition) is 6. The summed E-state index contributed by atoms with van der Waals surface area (Å²) in [4.78, 5) is 13.2. The van der Waals surface area contributed by atoms with Crippen LogP contribution in [-0.2, 0) is 0 Å². The van der Waals surface area contributed by atoms with E-state index in [2.05, 4.69) is 10.2 Å².